The minimum atomic E-state index is -1.33. The van der Waals surface area contributed by atoms with Crippen LogP contribution in [0.2, 0.25) is 5.02 Å². The molecule has 4 rings (SSSR count). The Labute approximate surface area is 200 Å². The Hall–Kier alpha value is -3.32. The van der Waals surface area contributed by atoms with E-state index in [0.717, 1.165) is 10.8 Å². The molecule has 34 heavy (non-hydrogen) atoms. The van der Waals surface area contributed by atoms with Crippen molar-refractivity contribution in [2.75, 3.05) is 6.54 Å². The van der Waals surface area contributed by atoms with Crippen LogP contribution in [0.25, 0.3) is 10.8 Å². The zero-order valence-electron chi connectivity index (χ0n) is 18.5. The van der Waals surface area contributed by atoms with Crippen LogP contribution in [0.15, 0.2) is 54.6 Å². The van der Waals surface area contributed by atoms with Crippen LogP contribution in [0.5, 0.6) is 0 Å². The standard InChI is InChI=1S/C26H23ClF2N2O3/c1-15(32)19-10-9-16(20-6-2-3-7-21(19)20)11-24(33)31-14-18(28)12-23(31)26(34)30-13-17-5-4-8-22(27)25(17)29/h2-10,18,23H,11-14H2,1H3,(H,30,34). The van der Waals surface area contributed by atoms with Crippen molar-refractivity contribution in [1.29, 1.82) is 0 Å². The summed E-state index contributed by atoms with van der Waals surface area (Å²) in [5.41, 5.74) is 1.45. The van der Waals surface area contributed by atoms with Crippen molar-refractivity contribution in [3.05, 3.63) is 82.1 Å². The average molecular weight is 485 g/mol. The summed E-state index contributed by atoms with van der Waals surface area (Å²) in [4.78, 5) is 39.1. The lowest BCUT2D eigenvalue weighted by molar-refractivity contribution is -0.138. The van der Waals surface area contributed by atoms with Gasteiger partial charge >= 0.3 is 0 Å². The molecule has 5 nitrogen and oxygen atoms in total. The fourth-order valence-electron chi connectivity index (χ4n) is 4.38. The fraction of sp³-hybridized carbons (Fsp3) is 0.269. The SMILES string of the molecule is CC(=O)c1ccc(CC(=O)N2CC(F)CC2C(=O)NCc2cccc(Cl)c2F)c2ccccc12. The van der Waals surface area contributed by atoms with Crippen molar-refractivity contribution in [1.82, 2.24) is 10.2 Å². The maximum Gasteiger partial charge on any atom is 0.243 e. The molecule has 0 radical (unpaired) electrons. The number of nitrogens with one attached hydrogen (secondary N) is 1. The Bertz CT molecular complexity index is 1280. The molecule has 1 N–H and O–H groups in total. The van der Waals surface area contributed by atoms with Gasteiger partial charge in [0, 0.05) is 24.1 Å². The normalized spacial score (nSPS) is 17.7. The molecule has 1 heterocycles. The topological polar surface area (TPSA) is 66.5 Å². The smallest absolute Gasteiger partial charge is 0.243 e. The van der Waals surface area contributed by atoms with Gasteiger partial charge in [0.1, 0.15) is 18.0 Å². The predicted octanol–water partition coefficient (Wildman–Crippen LogP) is 4.63. The van der Waals surface area contributed by atoms with Crippen molar-refractivity contribution >= 4 is 40.0 Å². The summed E-state index contributed by atoms with van der Waals surface area (Å²) in [7, 11) is 0. The lowest BCUT2D eigenvalue weighted by Gasteiger charge is -2.24. The van der Waals surface area contributed by atoms with Gasteiger partial charge < -0.3 is 10.2 Å². The molecule has 3 aromatic rings. The number of halogens is 3. The highest BCUT2D eigenvalue weighted by molar-refractivity contribution is 6.30. The van der Waals surface area contributed by atoms with Gasteiger partial charge in [0.15, 0.2) is 5.78 Å². The lowest BCUT2D eigenvalue weighted by atomic mass is 9.96. The Morgan fingerprint density at radius 1 is 1.03 bits per heavy atom. The molecule has 0 saturated carbocycles. The second-order valence-electron chi connectivity index (χ2n) is 8.38. The highest BCUT2D eigenvalue weighted by Gasteiger charge is 2.39. The number of benzene rings is 3. The number of Topliss-reactive ketones (excluding diaryl/α,β-unsaturated/α-hetero) is 1. The molecule has 2 amide bonds. The van der Waals surface area contributed by atoms with E-state index < -0.39 is 29.8 Å². The number of carbonyl (C=O) groups is 3. The summed E-state index contributed by atoms with van der Waals surface area (Å²) >= 11 is 5.78. The van der Waals surface area contributed by atoms with E-state index in [0.29, 0.717) is 11.1 Å². The van der Waals surface area contributed by atoms with Crippen molar-refractivity contribution < 1.29 is 23.2 Å². The first-order valence-electron chi connectivity index (χ1n) is 10.9. The van der Waals surface area contributed by atoms with Crippen LogP contribution in [0.4, 0.5) is 8.78 Å². The first kappa shape index (κ1) is 23.8. The van der Waals surface area contributed by atoms with E-state index in [9.17, 15) is 23.2 Å². The van der Waals surface area contributed by atoms with Crippen molar-refractivity contribution in [3.63, 3.8) is 0 Å². The largest absolute Gasteiger partial charge is 0.350 e. The lowest BCUT2D eigenvalue weighted by Crippen LogP contribution is -2.46. The van der Waals surface area contributed by atoms with Gasteiger partial charge in [-0.15, -0.1) is 0 Å². The van der Waals surface area contributed by atoms with Crippen LogP contribution in [0, 0.1) is 5.82 Å². The van der Waals surface area contributed by atoms with Gasteiger partial charge in [-0.2, -0.15) is 0 Å². The average Bonchev–Trinajstić information content (AvgIpc) is 3.21. The summed E-state index contributed by atoms with van der Waals surface area (Å²) in [6.45, 7) is 1.17. The number of nitrogens with zero attached hydrogens (tertiary/aromatic N) is 1. The van der Waals surface area contributed by atoms with E-state index in [1.807, 2.05) is 24.3 Å². The summed E-state index contributed by atoms with van der Waals surface area (Å²) in [6.07, 6.45) is -1.50. The number of carbonyl (C=O) groups excluding carboxylic acids is 3. The van der Waals surface area contributed by atoms with Gasteiger partial charge in [-0.05, 0) is 29.3 Å². The second kappa shape index (κ2) is 9.89. The van der Waals surface area contributed by atoms with Crippen LogP contribution in [0.1, 0.15) is 34.8 Å². The number of likely N-dealkylation sites (tertiary alicyclic amines) is 1. The van der Waals surface area contributed by atoms with Gasteiger partial charge in [0.05, 0.1) is 18.0 Å². The third-order valence-electron chi connectivity index (χ3n) is 6.09. The first-order valence-corrected chi connectivity index (χ1v) is 11.3. The van der Waals surface area contributed by atoms with Crippen molar-refractivity contribution in [2.45, 2.75) is 38.5 Å². The van der Waals surface area contributed by atoms with Crippen LogP contribution >= 0.6 is 11.6 Å². The Balaban J connectivity index is 1.51. The summed E-state index contributed by atoms with van der Waals surface area (Å²) in [6, 6.07) is 14.2. The number of alkyl halides is 1. The van der Waals surface area contributed by atoms with Crippen LogP contribution in [-0.4, -0.2) is 41.3 Å². The number of hydrogen-bond donors (Lipinski definition) is 1. The second-order valence-corrected chi connectivity index (χ2v) is 8.78. The minimum absolute atomic E-state index is 0.0435. The first-order chi connectivity index (χ1) is 16.3. The molecule has 1 saturated heterocycles. The molecule has 176 valence electrons. The van der Waals surface area contributed by atoms with Gasteiger partial charge in [-0.1, -0.05) is 60.1 Å². The monoisotopic (exact) mass is 484 g/mol. The molecule has 2 atom stereocenters. The molecule has 8 heteroatoms. The third-order valence-corrected chi connectivity index (χ3v) is 6.38. The van der Waals surface area contributed by atoms with E-state index in [-0.39, 0.29) is 42.3 Å². The van der Waals surface area contributed by atoms with Gasteiger partial charge in [0.25, 0.3) is 0 Å². The van der Waals surface area contributed by atoms with Crippen molar-refractivity contribution in [2.24, 2.45) is 0 Å². The fourth-order valence-corrected chi connectivity index (χ4v) is 4.58. The molecule has 0 spiro atoms. The van der Waals surface area contributed by atoms with Crippen LogP contribution in [0.3, 0.4) is 0 Å². The van der Waals surface area contributed by atoms with E-state index in [1.54, 1.807) is 18.2 Å². The number of fused-ring (bicyclic) bond motifs is 1. The van der Waals surface area contributed by atoms with E-state index in [1.165, 1.54) is 24.0 Å². The van der Waals surface area contributed by atoms with Crippen molar-refractivity contribution in [3.8, 4) is 0 Å². The summed E-state index contributed by atoms with van der Waals surface area (Å²) in [5.74, 6) is -1.66. The molecular formula is C26H23ClF2N2O3. The molecule has 1 aliphatic heterocycles. The van der Waals surface area contributed by atoms with Crippen LogP contribution in [-0.2, 0) is 22.6 Å². The summed E-state index contributed by atoms with van der Waals surface area (Å²) in [5, 5.41) is 4.03. The van der Waals surface area contributed by atoms with E-state index >= 15 is 0 Å². The predicted molar refractivity (Wildman–Crippen MR) is 126 cm³/mol. The maximum atomic E-state index is 14.3. The van der Waals surface area contributed by atoms with Crippen LogP contribution < -0.4 is 5.32 Å². The zero-order chi connectivity index (χ0) is 24.4. The molecule has 2 unspecified atom stereocenters. The summed E-state index contributed by atoms with van der Waals surface area (Å²) < 4.78 is 28.4. The quantitative estimate of drug-likeness (QED) is 0.519. The van der Waals surface area contributed by atoms with E-state index in [4.69, 9.17) is 11.6 Å². The number of amides is 2. The third kappa shape index (κ3) is 4.80. The molecule has 0 aromatic heterocycles. The maximum absolute atomic E-state index is 14.3. The highest BCUT2D eigenvalue weighted by Crippen LogP contribution is 2.27. The number of rotatable bonds is 6. The highest BCUT2D eigenvalue weighted by atomic mass is 35.5. The molecule has 0 aliphatic carbocycles. The van der Waals surface area contributed by atoms with E-state index in [2.05, 4.69) is 5.32 Å². The molecule has 0 bridgehead atoms. The molecule has 3 aromatic carbocycles. The number of hydrogen-bond acceptors (Lipinski definition) is 3. The van der Waals surface area contributed by atoms with Gasteiger partial charge in [-0.3, -0.25) is 14.4 Å². The zero-order valence-corrected chi connectivity index (χ0v) is 19.2. The van der Waals surface area contributed by atoms with Gasteiger partial charge in [0.2, 0.25) is 11.8 Å². The Morgan fingerprint density at radius 2 is 1.76 bits per heavy atom. The Morgan fingerprint density at radius 3 is 2.50 bits per heavy atom. The molecule has 1 fully saturated rings. The van der Waals surface area contributed by atoms with Gasteiger partial charge in [-0.25, -0.2) is 8.78 Å². The minimum Gasteiger partial charge on any atom is -0.350 e. The molecular weight excluding hydrogens is 462 g/mol. The molecule has 1 aliphatic rings. The number of ketones is 1. The Kier molecular flexibility index (Phi) is 6.93.